The molecule has 0 radical (unpaired) electrons. The van der Waals surface area contributed by atoms with Gasteiger partial charge in [0.25, 0.3) is 0 Å². The Morgan fingerprint density at radius 2 is 1.89 bits per heavy atom. The second-order valence-corrected chi connectivity index (χ2v) is 12.6. The molecule has 0 fully saturated rings. The van der Waals surface area contributed by atoms with Crippen molar-refractivity contribution in [3.8, 4) is 17.6 Å². The summed E-state index contributed by atoms with van der Waals surface area (Å²) in [6.45, 7) is 4.76. The molecule has 46 heavy (non-hydrogen) atoms. The van der Waals surface area contributed by atoms with Crippen LogP contribution >= 0.6 is 22.7 Å². The number of aryl methyl sites for hydroxylation is 2. The molecule has 2 aromatic carbocycles. The molecule has 5 rings (SSSR count). The summed E-state index contributed by atoms with van der Waals surface area (Å²) in [5, 5.41) is 13.4. The van der Waals surface area contributed by atoms with Crippen LogP contribution in [0.25, 0.3) is 10.2 Å². The minimum Gasteiger partial charge on any atom is -0.491 e. The summed E-state index contributed by atoms with van der Waals surface area (Å²) in [6.07, 6.45) is 1.03. The largest absolute Gasteiger partial charge is 0.491 e. The Kier molecular flexibility index (Phi) is 10.7. The highest BCUT2D eigenvalue weighted by atomic mass is 32.1. The van der Waals surface area contributed by atoms with Gasteiger partial charge in [-0.2, -0.15) is 0 Å². The van der Waals surface area contributed by atoms with Crippen molar-refractivity contribution in [1.82, 2.24) is 25.1 Å². The molecule has 0 spiro atoms. The van der Waals surface area contributed by atoms with Crippen molar-refractivity contribution in [2.45, 2.75) is 26.7 Å². The maximum absolute atomic E-state index is 14.6. The summed E-state index contributed by atoms with van der Waals surface area (Å²) in [4.78, 5) is 26.5. The number of hydrogen-bond donors (Lipinski definition) is 1. The van der Waals surface area contributed by atoms with Crippen molar-refractivity contribution in [1.29, 1.82) is 0 Å². The minimum atomic E-state index is -0.496. The molecule has 0 aliphatic heterocycles. The van der Waals surface area contributed by atoms with Gasteiger partial charge in [0.15, 0.2) is 39.2 Å². The third kappa shape index (κ3) is 8.14. The molecule has 13 heteroatoms. The van der Waals surface area contributed by atoms with Gasteiger partial charge in [-0.3, -0.25) is 4.90 Å². The van der Waals surface area contributed by atoms with Crippen LogP contribution < -0.4 is 15.0 Å². The number of anilines is 4. The van der Waals surface area contributed by atoms with Crippen LogP contribution in [0.15, 0.2) is 48.5 Å². The summed E-state index contributed by atoms with van der Waals surface area (Å²) in [5.74, 6) is 6.30. The van der Waals surface area contributed by atoms with E-state index >= 15 is 0 Å². The zero-order valence-corrected chi connectivity index (χ0v) is 27.9. The molecule has 10 nitrogen and oxygen atoms in total. The van der Waals surface area contributed by atoms with Crippen molar-refractivity contribution in [3.63, 3.8) is 0 Å². The van der Waals surface area contributed by atoms with Crippen LogP contribution in [0.2, 0.25) is 0 Å². The van der Waals surface area contributed by atoms with Crippen LogP contribution in [0.5, 0.6) is 5.75 Å². The Hall–Kier alpha value is -4.64. The van der Waals surface area contributed by atoms with E-state index in [1.165, 1.54) is 17.4 Å². The monoisotopic (exact) mass is 659 g/mol. The van der Waals surface area contributed by atoms with Crippen LogP contribution in [0.1, 0.15) is 39.8 Å². The molecule has 1 N–H and O–H groups in total. The van der Waals surface area contributed by atoms with Gasteiger partial charge in [-0.25, -0.2) is 19.2 Å². The number of halogens is 1. The maximum atomic E-state index is 14.6. The first-order chi connectivity index (χ1) is 22.2. The van der Waals surface area contributed by atoms with Crippen molar-refractivity contribution >= 4 is 60.8 Å². The molecule has 0 aliphatic carbocycles. The van der Waals surface area contributed by atoms with Crippen LogP contribution in [0, 0.1) is 24.6 Å². The van der Waals surface area contributed by atoms with E-state index in [1.807, 2.05) is 63.3 Å². The second-order valence-electron chi connectivity index (χ2n) is 10.5. The molecule has 0 bridgehead atoms. The summed E-state index contributed by atoms with van der Waals surface area (Å²) in [5.41, 5.74) is 2.63. The Bertz CT molecular complexity index is 1860. The quantitative estimate of drug-likeness (QED) is 0.0895. The number of nitrogens with one attached hydrogen (secondary N) is 1. The summed E-state index contributed by atoms with van der Waals surface area (Å²) >= 11 is 2.91. The number of carbonyl (C=O) groups is 1. The molecule has 0 unspecified atom stereocenters. The Morgan fingerprint density at radius 1 is 1.07 bits per heavy atom. The van der Waals surface area contributed by atoms with E-state index in [2.05, 4.69) is 37.3 Å². The number of ether oxygens (including phenoxy) is 2. The van der Waals surface area contributed by atoms with Crippen LogP contribution in [0.3, 0.4) is 0 Å². The van der Waals surface area contributed by atoms with Crippen LogP contribution in [-0.4, -0.2) is 71.9 Å². The van der Waals surface area contributed by atoms with Crippen LogP contribution in [0.4, 0.5) is 26.3 Å². The average molecular weight is 660 g/mol. The first kappa shape index (κ1) is 32.7. The van der Waals surface area contributed by atoms with Crippen molar-refractivity contribution in [2.75, 3.05) is 51.1 Å². The van der Waals surface area contributed by atoms with E-state index in [4.69, 9.17) is 9.47 Å². The number of thiazole rings is 2. The van der Waals surface area contributed by atoms with Crippen LogP contribution in [-0.2, 0) is 11.2 Å². The zero-order chi connectivity index (χ0) is 32.6. The average Bonchev–Trinajstić information content (AvgIpc) is 3.65. The number of fused-ring (bicyclic) bond motifs is 1. The minimum absolute atomic E-state index is 0.156. The smallest absolute Gasteiger partial charge is 0.358 e. The van der Waals surface area contributed by atoms with E-state index < -0.39 is 11.8 Å². The number of benzene rings is 2. The highest BCUT2D eigenvalue weighted by Crippen LogP contribution is 2.33. The van der Waals surface area contributed by atoms with E-state index in [9.17, 15) is 9.18 Å². The fraction of sp³-hybridized carbons (Fsp3) is 0.303. The maximum Gasteiger partial charge on any atom is 0.358 e. The third-order valence-electron chi connectivity index (χ3n) is 6.64. The summed E-state index contributed by atoms with van der Waals surface area (Å²) < 4.78 is 26.7. The van der Waals surface area contributed by atoms with Gasteiger partial charge < -0.3 is 19.7 Å². The molecule has 3 heterocycles. The Morgan fingerprint density at radius 3 is 2.63 bits per heavy atom. The number of carbonyl (C=O) groups excluding carboxylic acids is 1. The van der Waals surface area contributed by atoms with E-state index in [-0.39, 0.29) is 24.7 Å². The highest BCUT2D eigenvalue weighted by molar-refractivity contribution is 7.22. The molecule has 0 saturated carbocycles. The number of para-hydroxylation sites is 1. The fourth-order valence-electron chi connectivity index (χ4n) is 4.30. The lowest BCUT2D eigenvalue weighted by atomic mass is 10.2. The molecule has 3 aromatic heterocycles. The molecule has 0 saturated heterocycles. The number of rotatable bonds is 12. The van der Waals surface area contributed by atoms with Gasteiger partial charge in [-0.1, -0.05) is 35.3 Å². The van der Waals surface area contributed by atoms with Gasteiger partial charge in [0.2, 0.25) is 0 Å². The highest BCUT2D eigenvalue weighted by Gasteiger charge is 2.22. The molecule has 238 valence electrons. The standard InChI is InChI=1S/C33H34FN7O3S2/c1-6-43-31(42)29-27(14-10-18-44-25-16-15-22(20-23(25)34)11-9-17-40(3)4)46-33(36-29)41(5)28-19-21(2)30(39-38-28)37-32-35-24-12-7-8-13-26(24)45-32/h7-8,12-13,15-16,19-20H,6,10,14,17-18H2,1-5H3,(H,35,37,39). The van der Waals surface area contributed by atoms with Gasteiger partial charge in [0.1, 0.15) is 0 Å². The van der Waals surface area contributed by atoms with Gasteiger partial charge >= 0.3 is 5.97 Å². The molecular weight excluding hydrogens is 626 g/mol. The third-order valence-corrected chi connectivity index (χ3v) is 8.79. The first-order valence-electron chi connectivity index (χ1n) is 14.6. The summed E-state index contributed by atoms with van der Waals surface area (Å²) in [7, 11) is 5.67. The lowest BCUT2D eigenvalue weighted by Crippen LogP contribution is -2.14. The lowest BCUT2D eigenvalue weighted by molar-refractivity contribution is 0.0519. The zero-order valence-electron chi connectivity index (χ0n) is 26.3. The van der Waals surface area contributed by atoms with Crippen molar-refractivity contribution in [3.05, 3.63) is 76.0 Å². The van der Waals surface area contributed by atoms with E-state index in [0.29, 0.717) is 41.7 Å². The van der Waals surface area contributed by atoms with Crippen molar-refractivity contribution < 1.29 is 18.7 Å². The van der Waals surface area contributed by atoms with Crippen molar-refractivity contribution in [2.24, 2.45) is 0 Å². The molecule has 0 amide bonds. The molecular formula is C33H34FN7O3S2. The number of hydrogen-bond acceptors (Lipinski definition) is 12. The van der Waals surface area contributed by atoms with Gasteiger partial charge in [0, 0.05) is 17.5 Å². The SMILES string of the molecule is CCOC(=O)c1nc(N(C)c2cc(C)c(Nc3nc4ccccc4s3)nn2)sc1CCCOc1ccc(C#CCN(C)C)cc1F. The van der Waals surface area contributed by atoms with Gasteiger partial charge in [0.05, 0.1) is 30.0 Å². The second kappa shape index (κ2) is 15.1. The molecule has 0 atom stereocenters. The normalized spacial score (nSPS) is 10.9. The number of esters is 1. The Balaban J connectivity index is 1.24. The van der Waals surface area contributed by atoms with Gasteiger partial charge in [-0.05, 0) is 82.7 Å². The van der Waals surface area contributed by atoms with E-state index in [1.54, 1.807) is 35.3 Å². The van der Waals surface area contributed by atoms with E-state index in [0.717, 1.165) is 25.8 Å². The topological polar surface area (TPSA) is 106 Å². The molecule has 5 aromatic rings. The molecule has 0 aliphatic rings. The first-order valence-corrected chi connectivity index (χ1v) is 16.3. The Labute approximate surface area is 275 Å². The fourth-order valence-corrected chi connectivity index (χ4v) is 6.23. The summed E-state index contributed by atoms with van der Waals surface area (Å²) in [6, 6.07) is 14.5. The number of nitrogens with zero attached hydrogens (tertiary/aromatic N) is 6. The lowest BCUT2D eigenvalue weighted by Gasteiger charge is -2.15. The predicted octanol–water partition coefficient (Wildman–Crippen LogP) is 6.60. The predicted molar refractivity (Wildman–Crippen MR) is 181 cm³/mol. The number of aromatic nitrogens is 4. The van der Waals surface area contributed by atoms with Gasteiger partial charge in [-0.15, -0.1) is 21.5 Å².